The minimum Gasteiger partial charge on any atom is -0.507 e. The lowest BCUT2D eigenvalue weighted by molar-refractivity contribution is -0.142. The minimum absolute atomic E-state index is 0.0228. The number of unbranched alkanes of at least 4 members (excludes halogenated alkanes) is 12. The summed E-state index contributed by atoms with van der Waals surface area (Å²) in [6, 6.07) is 3.97. The summed E-state index contributed by atoms with van der Waals surface area (Å²) in [4.78, 5) is 96.6. The standard InChI is InChI=1S/C51H77N5O11/c1-7-8-9-10-11-12-13-14-15-16-17-18-19-20-46(63)55(5)41(32-57)51(67)53-35(4)42(59)25-26-47(64)56(6)48-37-22-24-44(61)39(30-37)38-28-36(21-23-43(38)60)29-40(50(66)52-31-34(3)58)54-49(65)33(2)27-45(48)62/h21-24,28,30,33-35,40-41,48,57-58,60-61H,7-20,25-27,29,31-32H2,1-6H3,(H,52,66)(H,53,67)(H,54,65)/t33-,34+,35-,40+,41-,48+/m1/s1. The number of phenols is 2. The van der Waals surface area contributed by atoms with Crippen molar-refractivity contribution in [1.29, 1.82) is 0 Å². The molecule has 1 heterocycles. The number of nitrogens with one attached hydrogen (secondary N) is 3. The second-order valence-electron chi connectivity index (χ2n) is 18.4. The fourth-order valence-corrected chi connectivity index (χ4v) is 8.31. The SMILES string of the molecule is CCCCCCCCCCCCCCCC(=O)N(C)[C@H](CO)C(=O)N[C@H](C)C(=O)CCC(=O)N(C)[C@@H]1C(=O)C[C@@H](C)C(=O)N[C@H](C(=O)NC[C@H](C)O)Cc2ccc(O)c(c2)-c2cc1ccc2O. The maximum Gasteiger partial charge on any atom is 0.245 e. The molecule has 16 heteroatoms. The van der Waals surface area contributed by atoms with E-state index in [-0.39, 0.29) is 72.7 Å². The summed E-state index contributed by atoms with van der Waals surface area (Å²) >= 11 is 0. The van der Waals surface area contributed by atoms with Crippen LogP contribution in [0.3, 0.4) is 0 Å². The summed E-state index contributed by atoms with van der Waals surface area (Å²) in [5, 5.41) is 49.6. The van der Waals surface area contributed by atoms with Gasteiger partial charge in [-0.3, -0.25) is 33.6 Å². The topological polar surface area (TPSA) is 243 Å². The number of carbonyl (C=O) groups excluding carboxylic acids is 7. The molecule has 0 unspecified atom stereocenters. The Labute approximate surface area is 396 Å². The first-order valence-electron chi connectivity index (χ1n) is 24.3. The molecular weight excluding hydrogens is 859 g/mol. The van der Waals surface area contributed by atoms with Crippen molar-refractivity contribution in [2.75, 3.05) is 27.2 Å². The van der Waals surface area contributed by atoms with Crippen LogP contribution >= 0.6 is 0 Å². The first-order chi connectivity index (χ1) is 31.9. The quantitative estimate of drug-likeness (QED) is 0.0577. The summed E-state index contributed by atoms with van der Waals surface area (Å²) < 4.78 is 0. The van der Waals surface area contributed by atoms with Crippen molar-refractivity contribution in [3.05, 3.63) is 47.5 Å². The van der Waals surface area contributed by atoms with Crippen LogP contribution in [0.4, 0.5) is 0 Å². The van der Waals surface area contributed by atoms with Crippen LogP contribution in [0.15, 0.2) is 36.4 Å². The van der Waals surface area contributed by atoms with Gasteiger partial charge in [0.2, 0.25) is 29.5 Å². The molecular formula is C51H77N5O11. The summed E-state index contributed by atoms with van der Waals surface area (Å²) in [6.07, 6.45) is 13.5. The highest BCUT2D eigenvalue weighted by molar-refractivity contribution is 5.97. The van der Waals surface area contributed by atoms with E-state index in [0.29, 0.717) is 12.0 Å². The number of rotatable bonds is 26. The van der Waals surface area contributed by atoms with Crippen LogP contribution in [-0.2, 0) is 40.0 Å². The Morgan fingerprint density at radius 3 is 1.91 bits per heavy atom. The van der Waals surface area contributed by atoms with Crippen LogP contribution in [0.25, 0.3) is 11.1 Å². The Morgan fingerprint density at radius 2 is 1.33 bits per heavy atom. The zero-order valence-electron chi connectivity index (χ0n) is 40.6. The third kappa shape index (κ3) is 18.0. The number of aliphatic hydroxyl groups excluding tert-OH is 2. The van der Waals surface area contributed by atoms with E-state index < -0.39 is 78.0 Å². The molecule has 1 aliphatic rings. The number of fused-ring (bicyclic) bond motifs is 5. The number of benzene rings is 2. The number of aromatic hydroxyl groups is 2. The van der Waals surface area contributed by atoms with Gasteiger partial charge in [0.15, 0.2) is 11.6 Å². The van der Waals surface area contributed by atoms with Gasteiger partial charge >= 0.3 is 0 Å². The van der Waals surface area contributed by atoms with Crippen molar-refractivity contribution in [3.8, 4) is 22.6 Å². The molecule has 5 amide bonds. The number of carbonyl (C=O) groups is 7. The van der Waals surface area contributed by atoms with Crippen molar-refractivity contribution >= 4 is 41.1 Å². The highest BCUT2D eigenvalue weighted by Gasteiger charge is 2.34. The lowest BCUT2D eigenvalue weighted by Gasteiger charge is -2.30. The predicted molar refractivity (Wildman–Crippen MR) is 256 cm³/mol. The Bertz CT molecular complexity index is 1970. The summed E-state index contributed by atoms with van der Waals surface area (Å²) in [5.74, 6) is -5.34. The molecule has 0 saturated heterocycles. The fraction of sp³-hybridized carbons (Fsp3) is 0.627. The number of aliphatic hydroxyl groups is 2. The van der Waals surface area contributed by atoms with E-state index in [2.05, 4.69) is 22.9 Å². The summed E-state index contributed by atoms with van der Waals surface area (Å²) in [5.41, 5.74) is 1.07. The van der Waals surface area contributed by atoms with E-state index >= 15 is 0 Å². The lowest BCUT2D eigenvalue weighted by atomic mass is 9.89. The van der Waals surface area contributed by atoms with E-state index in [0.717, 1.165) is 24.2 Å². The molecule has 0 radical (unpaired) electrons. The monoisotopic (exact) mass is 936 g/mol. The van der Waals surface area contributed by atoms with Crippen LogP contribution in [0.1, 0.15) is 154 Å². The smallest absolute Gasteiger partial charge is 0.245 e. The van der Waals surface area contributed by atoms with Crippen molar-refractivity contribution in [2.24, 2.45) is 5.92 Å². The van der Waals surface area contributed by atoms with Gasteiger partial charge in [0.25, 0.3) is 0 Å². The van der Waals surface area contributed by atoms with Crippen molar-refractivity contribution in [3.63, 3.8) is 0 Å². The predicted octanol–water partition coefficient (Wildman–Crippen LogP) is 5.55. The van der Waals surface area contributed by atoms with Gasteiger partial charge in [0, 0.05) is 69.8 Å². The average molecular weight is 936 g/mol. The third-order valence-electron chi connectivity index (χ3n) is 12.6. The highest BCUT2D eigenvalue weighted by Crippen LogP contribution is 2.39. The second kappa shape index (κ2) is 28.7. The number of phenolic OH excluding ortho intramolecular Hbond substituents is 2. The van der Waals surface area contributed by atoms with Gasteiger partial charge < -0.3 is 46.2 Å². The molecule has 2 aromatic carbocycles. The molecule has 1 aliphatic heterocycles. The zero-order valence-corrected chi connectivity index (χ0v) is 40.6. The first kappa shape index (κ1) is 56.0. The molecule has 16 nitrogen and oxygen atoms in total. The van der Waals surface area contributed by atoms with E-state index in [1.165, 1.54) is 122 Å². The number of likely N-dealkylation sites (N-methyl/N-ethyl adjacent to an activating group) is 2. The maximum absolute atomic E-state index is 14.2. The fourth-order valence-electron chi connectivity index (χ4n) is 8.31. The van der Waals surface area contributed by atoms with Gasteiger partial charge in [-0.05, 0) is 55.7 Å². The van der Waals surface area contributed by atoms with Crippen LogP contribution in [0, 0.1) is 5.92 Å². The van der Waals surface area contributed by atoms with Gasteiger partial charge in [-0.15, -0.1) is 0 Å². The Kier molecular flexibility index (Phi) is 24.0. The van der Waals surface area contributed by atoms with Crippen molar-refractivity contribution < 1.29 is 54.0 Å². The van der Waals surface area contributed by atoms with E-state index in [1.807, 2.05) is 0 Å². The van der Waals surface area contributed by atoms with Gasteiger partial charge in [-0.1, -0.05) is 103 Å². The molecule has 0 aromatic heterocycles. The molecule has 6 atom stereocenters. The van der Waals surface area contributed by atoms with Crippen molar-refractivity contribution in [2.45, 2.75) is 174 Å². The lowest BCUT2D eigenvalue weighted by Crippen LogP contribution is -2.53. The molecule has 0 saturated carbocycles. The summed E-state index contributed by atoms with van der Waals surface area (Å²) in [7, 11) is 2.82. The normalized spacial score (nSPS) is 17.6. The molecule has 4 bridgehead atoms. The first-order valence-corrected chi connectivity index (χ1v) is 24.3. The summed E-state index contributed by atoms with van der Waals surface area (Å²) in [6.45, 7) is 5.93. The minimum atomic E-state index is -1.31. The number of nitrogens with zero attached hydrogens (tertiary/aromatic N) is 2. The van der Waals surface area contributed by atoms with E-state index in [9.17, 15) is 54.0 Å². The Balaban J connectivity index is 1.64. The number of Topliss-reactive ketones (excluding diaryl/α,β-unsaturated/α-hetero) is 2. The van der Waals surface area contributed by atoms with Gasteiger partial charge in [-0.25, -0.2) is 0 Å². The van der Waals surface area contributed by atoms with Crippen LogP contribution in [0.5, 0.6) is 11.5 Å². The number of hydrogen-bond donors (Lipinski definition) is 7. The average Bonchev–Trinajstić information content (AvgIpc) is 3.29. The second-order valence-corrected chi connectivity index (χ2v) is 18.4. The van der Waals surface area contributed by atoms with E-state index in [4.69, 9.17) is 0 Å². The van der Waals surface area contributed by atoms with Gasteiger partial charge in [0.1, 0.15) is 29.6 Å². The van der Waals surface area contributed by atoms with Crippen LogP contribution in [-0.4, -0.2) is 123 Å². The van der Waals surface area contributed by atoms with Crippen LogP contribution < -0.4 is 16.0 Å². The Hall–Kier alpha value is -5.35. The highest BCUT2D eigenvalue weighted by atomic mass is 16.3. The number of hydrogen-bond acceptors (Lipinski definition) is 11. The molecule has 0 spiro atoms. The Morgan fingerprint density at radius 1 is 0.761 bits per heavy atom. The van der Waals surface area contributed by atoms with Gasteiger partial charge in [-0.2, -0.15) is 0 Å². The third-order valence-corrected chi connectivity index (χ3v) is 12.6. The van der Waals surface area contributed by atoms with Crippen molar-refractivity contribution in [1.82, 2.24) is 25.8 Å². The molecule has 0 fully saturated rings. The van der Waals surface area contributed by atoms with Gasteiger partial charge in [0.05, 0.1) is 18.8 Å². The zero-order chi connectivity index (χ0) is 49.6. The van der Waals surface area contributed by atoms with Crippen LogP contribution in [0.2, 0.25) is 0 Å². The largest absolute Gasteiger partial charge is 0.507 e. The molecule has 67 heavy (non-hydrogen) atoms. The number of ketones is 2. The molecule has 7 N–H and O–H groups in total. The molecule has 2 aromatic rings. The number of amides is 5. The molecule has 0 aliphatic carbocycles. The molecule has 372 valence electrons. The van der Waals surface area contributed by atoms with E-state index in [1.54, 1.807) is 12.1 Å². The maximum atomic E-state index is 14.2. The molecule has 3 rings (SSSR count).